The Labute approximate surface area is 91.6 Å². The van der Waals surface area contributed by atoms with Gasteiger partial charge in [0.05, 0.1) is 0 Å². The van der Waals surface area contributed by atoms with Gasteiger partial charge in [0.2, 0.25) is 0 Å². The second-order valence-corrected chi connectivity index (χ2v) is 4.18. The Bertz CT molecular complexity index is 197. The van der Waals surface area contributed by atoms with Crippen molar-refractivity contribution in [1.82, 2.24) is 10.2 Å². The lowest BCUT2D eigenvalue weighted by molar-refractivity contribution is -0.137. The summed E-state index contributed by atoms with van der Waals surface area (Å²) in [4.78, 5) is 13.0. The van der Waals surface area contributed by atoms with E-state index in [0.29, 0.717) is 6.04 Å². The van der Waals surface area contributed by atoms with Gasteiger partial charge in [0.1, 0.15) is 0 Å². The predicted octanol–water partition coefficient (Wildman–Crippen LogP) is 0.925. The van der Waals surface area contributed by atoms with Crippen molar-refractivity contribution in [3.63, 3.8) is 0 Å². The SMILES string of the molecule is CCCN1CCCNCC1CCC(=O)O. The van der Waals surface area contributed by atoms with E-state index in [-0.39, 0.29) is 6.42 Å². The monoisotopic (exact) mass is 214 g/mol. The molecule has 0 radical (unpaired) electrons. The highest BCUT2D eigenvalue weighted by molar-refractivity contribution is 5.66. The fraction of sp³-hybridized carbons (Fsp3) is 0.909. The van der Waals surface area contributed by atoms with Crippen LogP contribution in [0.5, 0.6) is 0 Å². The Kier molecular flexibility index (Phi) is 5.65. The van der Waals surface area contributed by atoms with Crippen LogP contribution in [0.3, 0.4) is 0 Å². The first kappa shape index (κ1) is 12.5. The van der Waals surface area contributed by atoms with Crippen LogP contribution in [-0.2, 0) is 4.79 Å². The van der Waals surface area contributed by atoms with Crippen LogP contribution in [0.15, 0.2) is 0 Å². The maximum absolute atomic E-state index is 10.6. The first-order valence-electron chi connectivity index (χ1n) is 5.90. The average molecular weight is 214 g/mol. The molecule has 0 spiro atoms. The molecule has 1 fully saturated rings. The van der Waals surface area contributed by atoms with E-state index in [1.165, 1.54) is 6.42 Å². The molecule has 88 valence electrons. The fourth-order valence-corrected chi connectivity index (χ4v) is 2.14. The van der Waals surface area contributed by atoms with Gasteiger partial charge in [-0.1, -0.05) is 6.92 Å². The maximum atomic E-state index is 10.6. The van der Waals surface area contributed by atoms with Crippen LogP contribution in [0.4, 0.5) is 0 Å². The van der Waals surface area contributed by atoms with E-state index >= 15 is 0 Å². The van der Waals surface area contributed by atoms with Crippen molar-refractivity contribution in [2.24, 2.45) is 0 Å². The topological polar surface area (TPSA) is 52.6 Å². The summed E-state index contributed by atoms with van der Waals surface area (Å²) < 4.78 is 0. The van der Waals surface area contributed by atoms with Gasteiger partial charge in [-0.15, -0.1) is 0 Å². The van der Waals surface area contributed by atoms with Gasteiger partial charge in [-0.3, -0.25) is 9.69 Å². The molecule has 1 rings (SSSR count). The quantitative estimate of drug-likeness (QED) is 0.714. The maximum Gasteiger partial charge on any atom is 0.303 e. The minimum Gasteiger partial charge on any atom is -0.481 e. The zero-order chi connectivity index (χ0) is 11.1. The molecule has 1 saturated heterocycles. The van der Waals surface area contributed by atoms with Gasteiger partial charge in [0.15, 0.2) is 0 Å². The van der Waals surface area contributed by atoms with E-state index < -0.39 is 5.97 Å². The number of rotatable bonds is 5. The Balaban J connectivity index is 2.42. The number of carboxylic acids is 1. The molecule has 1 heterocycles. The highest BCUT2D eigenvalue weighted by Gasteiger charge is 2.20. The van der Waals surface area contributed by atoms with Crippen LogP contribution in [0.1, 0.15) is 32.6 Å². The van der Waals surface area contributed by atoms with Gasteiger partial charge < -0.3 is 10.4 Å². The predicted molar refractivity (Wildman–Crippen MR) is 60.0 cm³/mol. The second kappa shape index (κ2) is 6.80. The molecule has 2 N–H and O–H groups in total. The Morgan fingerprint density at radius 1 is 1.60 bits per heavy atom. The van der Waals surface area contributed by atoms with E-state index in [4.69, 9.17) is 5.11 Å². The third-order valence-corrected chi connectivity index (χ3v) is 2.90. The molecule has 0 aliphatic carbocycles. The van der Waals surface area contributed by atoms with E-state index in [0.717, 1.165) is 39.0 Å². The number of aliphatic carboxylic acids is 1. The third kappa shape index (κ3) is 4.62. The van der Waals surface area contributed by atoms with Crippen LogP contribution in [0, 0.1) is 0 Å². The lowest BCUT2D eigenvalue weighted by Crippen LogP contribution is -2.40. The van der Waals surface area contributed by atoms with Crippen LogP contribution in [-0.4, -0.2) is 48.2 Å². The summed E-state index contributed by atoms with van der Waals surface area (Å²) in [5.74, 6) is -0.685. The minimum atomic E-state index is -0.685. The second-order valence-electron chi connectivity index (χ2n) is 4.18. The molecule has 0 aromatic heterocycles. The average Bonchev–Trinajstić information content (AvgIpc) is 2.41. The van der Waals surface area contributed by atoms with Gasteiger partial charge in [0, 0.05) is 19.0 Å². The molecule has 1 aliphatic heterocycles. The van der Waals surface area contributed by atoms with E-state index in [2.05, 4.69) is 17.1 Å². The van der Waals surface area contributed by atoms with E-state index in [1.807, 2.05) is 0 Å². The summed E-state index contributed by atoms with van der Waals surface area (Å²) in [6.07, 6.45) is 3.36. The number of hydrogen-bond acceptors (Lipinski definition) is 3. The van der Waals surface area contributed by atoms with Gasteiger partial charge >= 0.3 is 5.97 Å². The Hall–Kier alpha value is -0.610. The molecule has 15 heavy (non-hydrogen) atoms. The van der Waals surface area contributed by atoms with Crippen LogP contribution >= 0.6 is 0 Å². The van der Waals surface area contributed by atoms with Crippen LogP contribution in [0.2, 0.25) is 0 Å². The van der Waals surface area contributed by atoms with Gasteiger partial charge in [-0.2, -0.15) is 0 Å². The number of carboxylic acid groups (broad SMARTS) is 1. The molecule has 4 heteroatoms. The van der Waals surface area contributed by atoms with Crippen LogP contribution < -0.4 is 5.32 Å². The molecule has 0 aromatic carbocycles. The van der Waals surface area contributed by atoms with Gasteiger partial charge in [-0.25, -0.2) is 0 Å². The largest absolute Gasteiger partial charge is 0.481 e. The molecule has 1 aliphatic rings. The summed E-state index contributed by atoms with van der Waals surface area (Å²) in [5.41, 5.74) is 0. The van der Waals surface area contributed by atoms with E-state index in [1.54, 1.807) is 0 Å². The molecule has 4 nitrogen and oxygen atoms in total. The lowest BCUT2D eigenvalue weighted by atomic mass is 10.1. The molecule has 0 saturated carbocycles. The summed E-state index contributed by atoms with van der Waals surface area (Å²) >= 11 is 0. The minimum absolute atomic E-state index is 0.284. The molecular formula is C11H22N2O2. The van der Waals surface area contributed by atoms with Gasteiger partial charge in [0.25, 0.3) is 0 Å². The molecule has 0 bridgehead atoms. The smallest absolute Gasteiger partial charge is 0.303 e. The fourth-order valence-electron chi connectivity index (χ4n) is 2.14. The van der Waals surface area contributed by atoms with Gasteiger partial charge in [-0.05, 0) is 38.9 Å². The number of hydrogen-bond donors (Lipinski definition) is 2. The molecule has 0 amide bonds. The standard InChI is InChI=1S/C11H22N2O2/c1-2-7-13-8-3-6-12-9-10(13)4-5-11(14)15/h10,12H,2-9H2,1H3,(H,14,15). The van der Waals surface area contributed by atoms with Crippen molar-refractivity contribution in [2.45, 2.75) is 38.6 Å². The normalized spacial score (nSPS) is 23.7. The van der Waals surface area contributed by atoms with Crippen molar-refractivity contribution in [2.75, 3.05) is 26.2 Å². The summed E-state index contributed by atoms with van der Waals surface area (Å²) in [7, 11) is 0. The molecule has 1 atom stereocenters. The zero-order valence-corrected chi connectivity index (χ0v) is 9.54. The van der Waals surface area contributed by atoms with Crippen molar-refractivity contribution >= 4 is 5.97 Å². The Morgan fingerprint density at radius 2 is 2.40 bits per heavy atom. The Morgan fingerprint density at radius 3 is 3.07 bits per heavy atom. The summed E-state index contributed by atoms with van der Waals surface area (Å²) in [6.45, 7) is 6.36. The van der Waals surface area contributed by atoms with E-state index in [9.17, 15) is 4.79 Å². The number of nitrogens with one attached hydrogen (secondary N) is 1. The highest BCUT2D eigenvalue weighted by Crippen LogP contribution is 2.10. The first-order chi connectivity index (χ1) is 7.24. The zero-order valence-electron chi connectivity index (χ0n) is 9.54. The first-order valence-corrected chi connectivity index (χ1v) is 5.90. The van der Waals surface area contributed by atoms with Crippen molar-refractivity contribution in [3.8, 4) is 0 Å². The lowest BCUT2D eigenvalue weighted by Gasteiger charge is -2.28. The summed E-state index contributed by atoms with van der Waals surface area (Å²) in [5, 5.41) is 12.1. The van der Waals surface area contributed by atoms with Crippen molar-refractivity contribution in [1.29, 1.82) is 0 Å². The molecule has 0 aromatic rings. The van der Waals surface area contributed by atoms with Crippen LogP contribution in [0.25, 0.3) is 0 Å². The van der Waals surface area contributed by atoms with Crippen molar-refractivity contribution in [3.05, 3.63) is 0 Å². The molecule has 1 unspecified atom stereocenters. The number of carbonyl (C=O) groups is 1. The third-order valence-electron chi connectivity index (χ3n) is 2.90. The van der Waals surface area contributed by atoms with Crippen molar-refractivity contribution < 1.29 is 9.90 Å². The molecular weight excluding hydrogens is 192 g/mol. The summed E-state index contributed by atoms with van der Waals surface area (Å²) in [6, 6.07) is 0.406. The number of nitrogens with zero attached hydrogens (tertiary/aromatic N) is 1. The highest BCUT2D eigenvalue weighted by atomic mass is 16.4.